The fourth-order valence-corrected chi connectivity index (χ4v) is 3.00. The molecule has 1 saturated heterocycles. The van der Waals surface area contributed by atoms with Gasteiger partial charge in [0, 0.05) is 25.7 Å². The zero-order chi connectivity index (χ0) is 16.8. The van der Waals surface area contributed by atoms with Crippen LogP contribution in [0.1, 0.15) is 24.7 Å². The molecule has 2 aromatic heterocycles. The minimum atomic E-state index is -0.939. The first-order valence-electron chi connectivity index (χ1n) is 7.58. The molecule has 1 aliphatic heterocycles. The van der Waals surface area contributed by atoms with Crippen molar-refractivity contribution >= 4 is 22.8 Å². The predicted molar refractivity (Wildman–Crippen MR) is 84.2 cm³/mol. The van der Waals surface area contributed by atoms with Crippen LogP contribution in [-0.4, -0.2) is 31.3 Å². The van der Waals surface area contributed by atoms with Crippen LogP contribution in [0.2, 0.25) is 0 Å². The number of hydrogen-bond donors (Lipinski definition) is 1. The maximum atomic E-state index is 13.5. The van der Waals surface area contributed by atoms with Gasteiger partial charge in [0.2, 0.25) is 5.95 Å². The fourth-order valence-electron chi connectivity index (χ4n) is 3.00. The van der Waals surface area contributed by atoms with E-state index in [9.17, 15) is 8.78 Å². The van der Waals surface area contributed by atoms with Crippen molar-refractivity contribution in [2.45, 2.75) is 18.9 Å². The molecule has 1 aromatic carbocycles. The Morgan fingerprint density at radius 3 is 2.62 bits per heavy atom. The number of benzene rings is 1. The highest BCUT2D eigenvalue weighted by Gasteiger charge is 2.31. The van der Waals surface area contributed by atoms with Gasteiger partial charge < -0.3 is 10.6 Å². The molecule has 0 spiro atoms. The van der Waals surface area contributed by atoms with Crippen molar-refractivity contribution in [3.05, 3.63) is 35.8 Å². The number of nitrogens with two attached hydrogens (primary N) is 1. The molecule has 3 heterocycles. The van der Waals surface area contributed by atoms with E-state index in [4.69, 9.17) is 5.73 Å². The third-order valence-electron chi connectivity index (χ3n) is 4.23. The number of nitrogens with zero attached hydrogens (tertiary/aromatic N) is 6. The number of hydrogen-bond acceptors (Lipinski definition) is 6. The molecule has 2 N–H and O–H groups in total. The number of rotatable bonds is 2. The van der Waals surface area contributed by atoms with Crippen LogP contribution in [0, 0.1) is 11.6 Å². The lowest BCUT2D eigenvalue weighted by Gasteiger charge is -2.23. The molecule has 4 rings (SSSR count). The smallest absolute Gasteiger partial charge is 0.218 e. The second-order valence-corrected chi connectivity index (χ2v) is 5.79. The van der Waals surface area contributed by atoms with Crippen molar-refractivity contribution in [3.8, 4) is 0 Å². The topological polar surface area (TPSA) is 85.8 Å². The Bertz CT molecular complexity index is 904. The Morgan fingerprint density at radius 2 is 1.92 bits per heavy atom. The summed E-state index contributed by atoms with van der Waals surface area (Å²) in [6.07, 6.45) is 3.37. The van der Waals surface area contributed by atoms with E-state index in [0.717, 1.165) is 31.5 Å². The van der Waals surface area contributed by atoms with Crippen molar-refractivity contribution in [2.24, 2.45) is 7.05 Å². The van der Waals surface area contributed by atoms with Gasteiger partial charge in [0.25, 0.3) is 0 Å². The number of anilines is 2. The highest BCUT2D eigenvalue weighted by Crippen LogP contribution is 2.34. The Balaban J connectivity index is 1.73. The molecule has 1 fully saturated rings. The van der Waals surface area contributed by atoms with Gasteiger partial charge in [-0.15, -0.1) is 0 Å². The van der Waals surface area contributed by atoms with Gasteiger partial charge in [-0.3, -0.25) is 4.98 Å². The minimum Gasteiger partial charge on any atom is -0.368 e. The quantitative estimate of drug-likeness (QED) is 0.772. The maximum Gasteiger partial charge on any atom is 0.218 e. The molecule has 3 aromatic rings. The maximum absolute atomic E-state index is 13.5. The standard InChI is InChI=1S/C15H15F2N7/c1-23-15(18)21-14(22-23)12-3-2-4-24(12)13-7-19-10-5-8(16)9(17)6-11(10)20-13/h5-7,12H,2-4H2,1H3,(H2,18,21,22)/t12-/m0/s1. The Morgan fingerprint density at radius 1 is 1.17 bits per heavy atom. The largest absolute Gasteiger partial charge is 0.368 e. The van der Waals surface area contributed by atoms with Crippen LogP contribution in [-0.2, 0) is 7.05 Å². The van der Waals surface area contributed by atoms with Gasteiger partial charge in [0.1, 0.15) is 5.82 Å². The lowest BCUT2D eigenvalue weighted by molar-refractivity contribution is 0.510. The third kappa shape index (κ3) is 2.32. The first-order chi connectivity index (χ1) is 11.5. The molecule has 1 atom stereocenters. The molecule has 7 nitrogen and oxygen atoms in total. The zero-order valence-corrected chi connectivity index (χ0v) is 12.9. The molecule has 0 bridgehead atoms. The number of halogens is 2. The Hall–Kier alpha value is -2.84. The lowest BCUT2D eigenvalue weighted by atomic mass is 10.2. The monoisotopic (exact) mass is 331 g/mol. The number of aryl methyl sites for hydroxylation is 1. The van der Waals surface area contributed by atoms with Crippen molar-refractivity contribution in [3.63, 3.8) is 0 Å². The van der Waals surface area contributed by atoms with E-state index in [1.807, 2.05) is 4.90 Å². The summed E-state index contributed by atoms with van der Waals surface area (Å²) >= 11 is 0. The Kier molecular flexibility index (Phi) is 3.29. The van der Waals surface area contributed by atoms with Gasteiger partial charge in [-0.25, -0.2) is 18.4 Å². The molecular formula is C15H15F2N7. The number of fused-ring (bicyclic) bond motifs is 1. The van der Waals surface area contributed by atoms with E-state index in [2.05, 4.69) is 20.1 Å². The molecule has 124 valence electrons. The van der Waals surface area contributed by atoms with Crippen LogP contribution >= 0.6 is 0 Å². The first-order valence-corrected chi connectivity index (χ1v) is 7.58. The van der Waals surface area contributed by atoms with Gasteiger partial charge in [-0.2, -0.15) is 10.1 Å². The van der Waals surface area contributed by atoms with E-state index < -0.39 is 11.6 Å². The van der Waals surface area contributed by atoms with Crippen LogP contribution in [0.25, 0.3) is 11.0 Å². The highest BCUT2D eigenvalue weighted by atomic mass is 19.2. The van der Waals surface area contributed by atoms with E-state index >= 15 is 0 Å². The van der Waals surface area contributed by atoms with Gasteiger partial charge in [0.15, 0.2) is 17.5 Å². The summed E-state index contributed by atoms with van der Waals surface area (Å²) in [5.74, 6) is -0.316. The first kappa shape index (κ1) is 14.7. The predicted octanol–water partition coefficient (Wildman–Crippen LogP) is 1.96. The summed E-state index contributed by atoms with van der Waals surface area (Å²) in [5.41, 5.74) is 6.39. The molecular weight excluding hydrogens is 316 g/mol. The van der Waals surface area contributed by atoms with Crippen molar-refractivity contribution in [2.75, 3.05) is 17.2 Å². The minimum absolute atomic E-state index is 0.0643. The number of nitrogen functional groups attached to an aromatic ring is 1. The lowest BCUT2D eigenvalue weighted by Crippen LogP contribution is -2.24. The molecule has 0 amide bonds. The Labute approximate surface area is 136 Å². The fraction of sp³-hybridized carbons (Fsp3) is 0.333. The van der Waals surface area contributed by atoms with Crippen LogP contribution in [0.5, 0.6) is 0 Å². The van der Waals surface area contributed by atoms with Crippen LogP contribution in [0.3, 0.4) is 0 Å². The van der Waals surface area contributed by atoms with E-state index in [1.54, 1.807) is 13.2 Å². The summed E-state index contributed by atoms with van der Waals surface area (Å²) in [4.78, 5) is 14.9. The summed E-state index contributed by atoms with van der Waals surface area (Å²) in [5, 5.41) is 4.34. The van der Waals surface area contributed by atoms with Gasteiger partial charge in [-0.1, -0.05) is 0 Å². The molecule has 0 saturated carbocycles. The average Bonchev–Trinajstić information content (AvgIpc) is 3.15. The van der Waals surface area contributed by atoms with Crippen LogP contribution in [0.15, 0.2) is 18.3 Å². The summed E-state index contributed by atoms with van der Waals surface area (Å²) in [7, 11) is 1.73. The van der Waals surface area contributed by atoms with Crippen molar-refractivity contribution in [1.29, 1.82) is 0 Å². The second kappa shape index (κ2) is 5.36. The third-order valence-corrected chi connectivity index (χ3v) is 4.23. The van der Waals surface area contributed by atoms with E-state index in [-0.39, 0.29) is 6.04 Å². The zero-order valence-electron chi connectivity index (χ0n) is 12.9. The molecule has 24 heavy (non-hydrogen) atoms. The normalized spacial score (nSPS) is 17.8. The highest BCUT2D eigenvalue weighted by molar-refractivity contribution is 5.75. The van der Waals surface area contributed by atoms with E-state index in [0.29, 0.717) is 28.6 Å². The average molecular weight is 331 g/mol. The van der Waals surface area contributed by atoms with E-state index in [1.165, 1.54) is 4.68 Å². The molecule has 0 radical (unpaired) electrons. The van der Waals surface area contributed by atoms with Crippen molar-refractivity contribution in [1.82, 2.24) is 24.7 Å². The summed E-state index contributed by atoms with van der Waals surface area (Å²) in [6.45, 7) is 0.757. The molecule has 0 aliphatic carbocycles. The number of aromatic nitrogens is 5. The van der Waals surface area contributed by atoms with Crippen LogP contribution < -0.4 is 10.6 Å². The van der Waals surface area contributed by atoms with Gasteiger partial charge in [-0.05, 0) is 12.8 Å². The SMILES string of the molecule is Cn1nc([C@@H]2CCCN2c2cnc3cc(F)c(F)cc3n2)nc1N. The molecule has 9 heteroatoms. The van der Waals surface area contributed by atoms with Crippen molar-refractivity contribution < 1.29 is 8.78 Å². The van der Waals surface area contributed by atoms with Gasteiger partial charge in [0.05, 0.1) is 23.3 Å². The second-order valence-electron chi connectivity index (χ2n) is 5.79. The van der Waals surface area contributed by atoms with Gasteiger partial charge >= 0.3 is 0 Å². The molecule has 1 aliphatic rings. The summed E-state index contributed by atoms with van der Waals surface area (Å²) in [6, 6.07) is 2.04. The molecule has 0 unspecified atom stereocenters. The summed E-state index contributed by atoms with van der Waals surface area (Å²) < 4.78 is 28.3. The van der Waals surface area contributed by atoms with Crippen LogP contribution in [0.4, 0.5) is 20.5 Å².